The number of hydrogen-bond donors (Lipinski definition) is 2. The quantitative estimate of drug-likeness (QED) is 0.652. The summed E-state index contributed by atoms with van der Waals surface area (Å²) >= 11 is 0. The van der Waals surface area contributed by atoms with Crippen molar-refractivity contribution in [3.05, 3.63) is 102 Å². The third-order valence-corrected chi connectivity index (χ3v) is 4.48. The minimum absolute atomic E-state index is 0.274. The molecule has 0 saturated carbocycles. The van der Waals surface area contributed by atoms with Crippen molar-refractivity contribution in [3.63, 3.8) is 0 Å². The number of anilines is 1. The highest BCUT2D eigenvalue weighted by atomic mass is 32.2. The smallest absolute Gasteiger partial charge is 0.335 e. The summed E-state index contributed by atoms with van der Waals surface area (Å²) in [6.07, 6.45) is 2.16. The number of carbonyl (C=O) groups is 1. The van der Waals surface area contributed by atoms with Gasteiger partial charge in [-0.3, -0.25) is 4.72 Å². The molecule has 0 bridgehead atoms. The van der Waals surface area contributed by atoms with Crippen molar-refractivity contribution in [3.8, 4) is 0 Å². The van der Waals surface area contributed by atoms with E-state index in [1.165, 1.54) is 0 Å². The van der Waals surface area contributed by atoms with Crippen molar-refractivity contribution in [1.82, 2.24) is 0 Å². The Hall–Kier alpha value is -3.12. The van der Waals surface area contributed by atoms with Gasteiger partial charge >= 0.3 is 5.97 Å². The van der Waals surface area contributed by atoms with E-state index in [9.17, 15) is 18.3 Å². The van der Waals surface area contributed by atoms with E-state index in [0.717, 1.165) is 17.4 Å². The van der Waals surface area contributed by atoms with Gasteiger partial charge < -0.3 is 5.11 Å². The molecule has 3 aromatic carbocycles. The number of aryl methyl sites for hydroxylation is 2. The Morgan fingerprint density at radius 3 is 1.79 bits per heavy atom. The van der Waals surface area contributed by atoms with Crippen LogP contribution in [0.15, 0.2) is 84.9 Å². The van der Waals surface area contributed by atoms with Crippen LogP contribution in [-0.4, -0.2) is 25.7 Å². The van der Waals surface area contributed by atoms with Crippen LogP contribution in [0, 0.1) is 0 Å². The Morgan fingerprint density at radius 2 is 1.25 bits per heavy atom. The van der Waals surface area contributed by atoms with Crippen LogP contribution >= 0.6 is 0 Å². The van der Waals surface area contributed by atoms with Crippen molar-refractivity contribution in [1.29, 1.82) is 0 Å². The summed E-state index contributed by atoms with van der Waals surface area (Å²) in [5.41, 5.74) is 2.35. The number of carboxylic acids is 1. The lowest BCUT2D eigenvalue weighted by Crippen LogP contribution is -2.11. The van der Waals surface area contributed by atoms with E-state index in [1.807, 2.05) is 48.5 Å². The minimum atomic E-state index is -3.35. The molecule has 0 spiro atoms. The number of aromatic carboxylic acids is 1. The van der Waals surface area contributed by atoms with E-state index < -0.39 is 16.0 Å². The average Bonchev–Trinajstić information content (AvgIpc) is 2.68. The summed E-state index contributed by atoms with van der Waals surface area (Å²) in [4.78, 5) is 11.2. The second-order valence-electron chi connectivity index (χ2n) is 6.15. The molecule has 0 aliphatic carbocycles. The number of hydrogen-bond acceptors (Lipinski definition) is 3. The number of carboxylic acid groups (broad SMARTS) is 1. The molecule has 0 saturated heterocycles. The van der Waals surface area contributed by atoms with Crippen molar-refractivity contribution in [2.24, 2.45) is 0 Å². The van der Waals surface area contributed by atoms with Crippen LogP contribution in [0.5, 0.6) is 0 Å². The second kappa shape index (κ2) is 10.3. The topological polar surface area (TPSA) is 83.5 Å². The summed E-state index contributed by atoms with van der Waals surface area (Å²) in [5.74, 6) is -0.960. The van der Waals surface area contributed by atoms with E-state index in [1.54, 1.807) is 36.4 Å². The van der Waals surface area contributed by atoms with Crippen molar-refractivity contribution < 1.29 is 18.3 Å². The van der Waals surface area contributed by atoms with Gasteiger partial charge in [0.2, 0.25) is 10.0 Å². The maximum atomic E-state index is 11.4. The zero-order valence-electron chi connectivity index (χ0n) is 15.6. The number of para-hydroxylation sites is 1. The van der Waals surface area contributed by atoms with Gasteiger partial charge in [-0.25, -0.2) is 13.2 Å². The molecule has 0 aliphatic rings. The lowest BCUT2D eigenvalue weighted by Gasteiger charge is -2.11. The Morgan fingerprint density at radius 1 is 0.786 bits per heavy atom. The number of rotatable bonds is 6. The van der Waals surface area contributed by atoms with Gasteiger partial charge in [0.15, 0.2) is 0 Å². The summed E-state index contributed by atoms with van der Waals surface area (Å²) < 4.78 is 25.2. The summed E-state index contributed by atoms with van der Waals surface area (Å²) in [5, 5.41) is 9.18. The van der Waals surface area contributed by atoms with E-state index in [0.29, 0.717) is 18.5 Å². The molecular weight excluding hydrogens is 374 g/mol. The molecule has 0 heterocycles. The molecular formula is C22H23NO4S. The molecule has 0 amide bonds. The predicted octanol–water partition coefficient (Wildman–Crippen LogP) is 4.23. The van der Waals surface area contributed by atoms with Gasteiger partial charge in [-0.05, 0) is 36.1 Å². The molecule has 3 aromatic rings. The lowest BCUT2D eigenvalue weighted by molar-refractivity contribution is 0.0695. The molecule has 146 valence electrons. The third kappa shape index (κ3) is 7.25. The van der Waals surface area contributed by atoms with Crippen LogP contribution in [0.2, 0.25) is 0 Å². The van der Waals surface area contributed by atoms with Crippen LogP contribution in [0.1, 0.15) is 21.5 Å². The van der Waals surface area contributed by atoms with Crippen LogP contribution in [0.3, 0.4) is 0 Å². The normalized spacial score (nSPS) is 10.5. The van der Waals surface area contributed by atoms with Gasteiger partial charge in [-0.2, -0.15) is 0 Å². The summed E-state index contributed by atoms with van der Waals surface area (Å²) in [6, 6.07) is 25.9. The van der Waals surface area contributed by atoms with E-state index in [4.69, 9.17) is 0 Å². The molecule has 0 atom stereocenters. The van der Waals surface area contributed by atoms with Gasteiger partial charge in [0.25, 0.3) is 0 Å². The first-order chi connectivity index (χ1) is 13.4. The Kier molecular flexibility index (Phi) is 7.77. The largest absolute Gasteiger partial charge is 0.478 e. The maximum Gasteiger partial charge on any atom is 0.335 e. The Balaban J connectivity index is 0.000000397. The van der Waals surface area contributed by atoms with E-state index >= 15 is 0 Å². The van der Waals surface area contributed by atoms with Gasteiger partial charge in [-0.15, -0.1) is 0 Å². The van der Waals surface area contributed by atoms with Gasteiger partial charge in [0.05, 0.1) is 17.5 Å². The predicted molar refractivity (Wildman–Crippen MR) is 112 cm³/mol. The lowest BCUT2D eigenvalue weighted by atomic mass is 9.99. The average molecular weight is 397 g/mol. The molecule has 6 heteroatoms. The molecule has 28 heavy (non-hydrogen) atoms. The SMILES string of the molecule is CS(=O)(=O)Nc1ccccc1CCc1ccccc1C(=O)O.c1ccccc1. The Bertz CT molecular complexity index is 975. The van der Waals surface area contributed by atoms with Gasteiger partial charge in [0, 0.05) is 0 Å². The highest BCUT2D eigenvalue weighted by molar-refractivity contribution is 7.92. The molecule has 0 aromatic heterocycles. The van der Waals surface area contributed by atoms with Crippen LogP contribution in [-0.2, 0) is 22.9 Å². The fraction of sp³-hybridized carbons (Fsp3) is 0.136. The monoisotopic (exact) mass is 397 g/mol. The third-order valence-electron chi connectivity index (χ3n) is 3.89. The second-order valence-corrected chi connectivity index (χ2v) is 7.90. The fourth-order valence-electron chi connectivity index (χ4n) is 2.64. The van der Waals surface area contributed by atoms with E-state index in [-0.39, 0.29) is 5.56 Å². The molecule has 0 fully saturated rings. The number of sulfonamides is 1. The molecule has 2 N–H and O–H groups in total. The molecule has 3 rings (SSSR count). The molecule has 0 aliphatic heterocycles. The highest BCUT2D eigenvalue weighted by Crippen LogP contribution is 2.20. The number of nitrogens with one attached hydrogen (secondary N) is 1. The molecule has 5 nitrogen and oxygen atoms in total. The molecule has 0 unspecified atom stereocenters. The summed E-state index contributed by atoms with van der Waals surface area (Å²) in [6.45, 7) is 0. The van der Waals surface area contributed by atoms with Crippen molar-refractivity contribution in [2.75, 3.05) is 11.0 Å². The Labute approximate surface area is 165 Å². The number of benzene rings is 3. The summed E-state index contributed by atoms with van der Waals surface area (Å²) in [7, 11) is -3.35. The van der Waals surface area contributed by atoms with E-state index in [2.05, 4.69) is 4.72 Å². The fourth-order valence-corrected chi connectivity index (χ4v) is 3.24. The first-order valence-electron chi connectivity index (χ1n) is 8.74. The highest BCUT2D eigenvalue weighted by Gasteiger charge is 2.11. The minimum Gasteiger partial charge on any atom is -0.478 e. The van der Waals surface area contributed by atoms with Crippen LogP contribution in [0.4, 0.5) is 5.69 Å². The molecule has 0 radical (unpaired) electrons. The zero-order valence-corrected chi connectivity index (χ0v) is 16.4. The maximum absolute atomic E-state index is 11.4. The first-order valence-corrected chi connectivity index (χ1v) is 10.6. The van der Waals surface area contributed by atoms with Crippen molar-refractivity contribution in [2.45, 2.75) is 12.8 Å². The van der Waals surface area contributed by atoms with Crippen LogP contribution in [0.25, 0.3) is 0 Å². The van der Waals surface area contributed by atoms with Gasteiger partial charge in [0.1, 0.15) is 0 Å². The first kappa shape index (κ1) is 21.2. The van der Waals surface area contributed by atoms with Crippen LogP contribution < -0.4 is 4.72 Å². The zero-order chi connectivity index (χ0) is 20.4. The van der Waals surface area contributed by atoms with Crippen molar-refractivity contribution >= 4 is 21.7 Å². The standard InChI is InChI=1S/C16H17NO4S.C6H6/c1-22(20,21)17-15-9-5-3-7-13(15)11-10-12-6-2-4-8-14(12)16(18)19;1-2-4-6-5-3-1/h2-9,17H,10-11H2,1H3,(H,18,19);1-6H. The van der Waals surface area contributed by atoms with Gasteiger partial charge in [-0.1, -0.05) is 72.8 Å².